The van der Waals surface area contributed by atoms with E-state index in [1.54, 1.807) is 4.90 Å². The van der Waals surface area contributed by atoms with Crippen molar-refractivity contribution in [3.05, 3.63) is 35.9 Å². The molecule has 5 nitrogen and oxygen atoms in total. The zero-order valence-electron chi connectivity index (χ0n) is 12.5. The fraction of sp³-hybridized carbons (Fsp3) is 0.529. The molecule has 118 valence electrons. The summed E-state index contributed by atoms with van der Waals surface area (Å²) in [6.45, 7) is 1.76. The highest BCUT2D eigenvalue weighted by Gasteiger charge is 2.58. The highest BCUT2D eigenvalue weighted by Crippen LogP contribution is 2.47. The molecule has 0 unspecified atom stereocenters. The molecule has 1 N–H and O–H groups in total. The van der Waals surface area contributed by atoms with Crippen molar-refractivity contribution in [2.45, 2.75) is 38.4 Å². The van der Waals surface area contributed by atoms with Crippen LogP contribution >= 0.6 is 0 Å². The summed E-state index contributed by atoms with van der Waals surface area (Å²) in [6.07, 6.45) is 2.64. The van der Waals surface area contributed by atoms with E-state index in [0.29, 0.717) is 32.5 Å². The van der Waals surface area contributed by atoms with Crippen molar-refractivity contribution < 1.29 is 19.4 Å². The zero-order valence-corrected chi connectivity index (χ0v) is 12.5. The normalized spacial score (nSPS) is 20.6. The lowest BCUT2D eigenvalue weighted by Crippen LogP contribution is -2.46. The van der Waals surface area contributed by atoms with Gasteiger partial charge < -0.3 is 14.7 Å². The van der Waals surface area contributed by atoms with Crippen LogP contribution in [0.5, 0.6) is 0 Å². The molecular weight excluding hydrogens is 282 g/mol. The number of carboxylic acids is 1. The Labute approximate surface area is 129 Å². The van der Waals surface area contributed by atoms with E-state index < -0.39 is 11.4 Å². The molecule has 5 heteroatoms. The van der Waals surface area contributed by atoms with Crippen LogP contribution in [0.25, 0.3) is 0 Å². The van der Waals surface area contributed by atoms with Crippen LogP contribution in [0.1, 0.15) is 31.2 Å². The van der Waals surface area contributed by atoms with Gasteiger partial charge in [-0.2, -0.15) is 0 Å². The van der Waals surface area contributed by atoms with Gasteiger partial charge in [0, 0.05) is 13.1 Å². The quantitative estimate of drug-likeness (QED) is 0.846. The third-order valence-electron chi connectivity index (χ3n) is 4.63. The van der Waals surface area contributed by atoms with Gasteiger partial charge in [-0.25, -0.2) is 0 Å². The van der Waals surface area contributed by atoms with E-state index in [-0.39, 0.29) is 12.0 Å². The van der Waals surface area contributed by atoms with Crippen molar-refractivity contribution in [3.63, 3.8) is 0 Å². The van der Waals surface area contributed by atoms with E-state index >= 15 is 0 Å². The summed E-state index contributed by atoms with van der Waals surface area (Å²) < 4.78 is 5.89. The Morgan fingerprint density at radius 2 is 1.82 bits per heavy atom. The molecule has 2 fully saturated rings. The number of benzene rings is 1. The number of rotatable bonds is 5. The van der Waals surface area contributed by atoms with Crippen LogP contribution in [-0.4, -0.2) is 41.1 Å². The smallest absolute Gasteiger partial charge is 0.319 e. The number of aliphatic carboxylic acids is 1. The SMILES string of the molecule is O=C(O)C1(C(=O)N2CCC(OCc3ccccc3)CC2)CC1. The van der Waals surface area contributed by atoms with Gasteiger partial charge in [-0.1, -0.05) is 30.3 Å². The molecule has 1 aliphatic carbocycles. The highest BCUT2D eigenvalue weighted by molar-refractivity contribution is 6.04. The molecule has 1 saturated carbocycles. The average Bonchev–Trinajstić information content (AvgIpc) is 3.36. The Morgan fingerprint density at radius 3 is 2.36 bits per heavy atom. The summed E-state index contributed by atoms with van der Waals surface area (Å²) in [5.41, 5.74) is 0.0291. The first kappa shape index (κ1) is 15.0. The van der Waals surface area contributed by atoms with Crippen LogP contribution in [0.15, 0.2) is 30.3 Å². The summed E-state index contributed by atoms with van der Waals surface area (Å²) in [7, 11) is 0. The maximum Gasteiger partial charge on any atom is 0.319 e. The van der Waals surface area contributed by atoms with Gasteiger partial charge in [-0.15, -0.1) is 0 Å². The Bertz CT molecular complexity index is 545. The van der Waals surface area contributed by atoms with E-state index in [0.717, 1.165) is 18.4 Å². The van der Waals surface area contributed by atoms with Gasteiger partial charge in [-0.3, -0.25) is 9.59 Å². The first-order chi connectivity index (χ1) is 10.6. The second-order valence-electron chi connectivity index (χ2n) is 6.18. The summed E-state index contributed by atoms with van der Waals surface area (Å²) in [5, 5.41) is 9.19. The molecule has 1 aromatic carbocycles. The van der Waals surface area contributed by atoms with E-state index in [1.807, 2.05) is 30.3 Å². The number of piperidine rings is 1. The molecule has 0 spiro atoms. The van der Waals surface area contributed by atoms with Gasteiger partial charge in [0.2, 0.25) is 5.91 Å². The molecule has 0 aromatic heterocycles. The number of ether oxygens (including phenoxy) is 1. The topological polar surface area (TPSA) is 66.8 Å². The van der Waals surface area contributed by atoms with E-state index in [9.17, 15) is 14.7 Å². The van der Waals surface area contributed by atoms with Gasteiger partial charge in [0.05, 0.1) is 12.7 Å². The molecule has 1 amide bonds. The average molecular weight is 303 g/mol. The van der Waals surface area contributed by atoms with Gasteiger partial charge >= 0.3 is 5.97 Å². The third kappa shape index (κ3) is 2.99. The second kappa shape index (κ2) is 6.08. The minimum atomic E-state index is -1.11. The molecule has 22 heavy (non-hydrogen) atoms. The first-order valence-corrected chi connectivity index (χ1v) is 7.80. The van der Waals surface area contributed by atoms with Crippen molar-refractivity contribution in [1.29, 1.82) is 0 Å². The number of hydrogen-bond acceptors (Lipinski definition) is 3. The molecule has 0 bridgehead atoms. The largest absolute Gasteiger partial charge is 0.480 e. The van der Waals surface area contributed by atoms with Crippen LogP contribution in [0.4, 0.5) is 0 Å². The van der Waals surface area contributed by atoms with Crippen LogP contribution in [0, 0.1) is 5.41 Å². The number of carboxylic acid groups (broad SMARTS) is 1. The lowest BCUT2D eigenvalue weighted by atomic mass is 10.0. The predicted octanol–water partition coefficient (Wildman–Crippen LogP) is 2.06. The zero-order chi connectivity index (χ0) is 15.6. The Hall–Kier alpha value is -1.88. The standard InChI is InChI=1S/C17H21NO4/c19-15(17(8-9-17)16(20)21)18-10-6-14(7-11-18)22-12-13-4-2-1-3-5-13/h1-5,14H,6-12H2,(H,20,21). The molecular formula is C17H21NO4. The van der Waals surface area contributed by atoms with Crippen LogP contribution in [-0.2, 0) is 20.9 Å². The van der Waals surface area contributed by atoms with Crippen molar-refractivity contribution >= 4 is 11.9 Å². The molecule has 1 aromatic rings. The Morgan fingerprint density at radius 1 is 1.18 bits per heavy atom. The van der Waals surface area contributed by atoms with Crippen LogP contribution < -0.4 is 0 Å². The lowest BCUT2D eigenvalue weighted by Gasteiger charge is -2.33. The monoisotopic (exact) mass is 303 g/mol. The van der Waals surface area contributed by atoms with E-state index in [4.69, 9.17) is 4.74 Å². The molecule has 2 aliphatic rings. The number of likely N-dealkylation sites (tertiary alicyclic amines) is 1. The lowest BCUT2D eigenvalue weighted by molar-refractivity contribution is -0.154. The molecule has 0 radical (unpaired) electrons. The predicted molar refractivity (Wildman–Crippen MR) is 80.1 cm³/mol. The van der Waals surface area contributed by atoms with Gasteiger partial charge in [0.25, 0.3) is 0 Å². The Kier molecular flexibility index (Phi) is 4.16. The molecule has 3 rings (SSSR count). The number of amides is 1. The second-order valence-corrected chi connectivity index (χ2v) is 6.18. The molecule has 1 heterocycles. The molecule has 0 atom stereocenters. The summed E-state index contributed by atoms with van der Waals surface area (Å²) in [6, 6.07) is 10.0. The van der Waals surface area contributed by atoms with Crippen LogP contribution in [0.3, 0.4) is 0 Å². The van der Waals surface area contributed by atoms with Crippen molar-refractivity contribution in [2.24, 2.45) is 5.41 Å². The third-order valence-corrected chi connectivity index (χ3v) is 4.63. The maximum absolute atomic E-state index is 12.3. The maximum atomic E-state index is 12.3. The van der Waals surface area contributed by atoms with Gasteiger partial charge in [-0.05, 0) is 31.2 Å². The number of carbonyl (C=O) groups excluding carboxylic acids is 1. The number of hydrogen-bond donors (Lipinski definition) is 1. The minimum absolute atomic E-state index is 0.143. The fourth-order valence-electron chi connectivity index (χ4n) is 2.96. The van der Waals surface area contributed by atoms with Gasteiger partial charge in [0.1, 0.15) is 5.41 Å². The summed E-state index contributed by atoms with van der Waals surface area (Å²) in [4.78, 5) is 25.2. The van der Waals surface area contributed by atoms with E-state index in [2.05, 4.69) is 0 Å². The first-order valence-electron chi connectivity index (χ1n) is 7.80. The van der Waals surface area contributed by atoms with E-state index in [1.165, 1.54) is 0 Å². The number of nitrogens with zero attached hydrogens (tertiary/aromatic N) is 1. The molecule has 1 aliphatic heterocycles. The van der Waals surface area contributed by atoms with Crippen molar-refractivity contribution in [1.82, 2.24) is 4.90 Å². The van der Waals surface area contributed by atoms with Crippen molar-refractivity contribution in [3.8, 4) is 0 Å². The highest BCUT2D eigenvalue weighted by atomic mass is 16.5. The summed E-state index contributed by atoms with van der Waals surface area (Å²) >= 11 is 0. The molecule has 1 saturated heterocycles. The fourth-order valence-corrected chi connectivity index (χ4v) is 2.96. The van der Waals surface area contributed by atoms with Crippen LogP contribution in [0.2, 0.25) is 0 Å². The Balaban J connectivity index is 1.47. The summed E-state index contributed by atoms with van der Waals surface area (Å²) in [5.74, 6) is -1.18. The number of carbonyl (C=O) groups is 2. The minimum Gasteiger partial charge on any atom is -0.480 e. The van der Waals surface area contributed by atoms with Gasteiger partial charge in [0.15, 0.2) is 0 Å². The van der Waals surface area contributed by atoms with Crippen molar-refractivity contribution in [2.75, 3.05) is 13.1 Å².